The quantitative estimate of drug-likeness (QED) is 0.426. The van der Waals surface area contributed by atoms with Crippen molar-refractivity contribution in [3.05, 3.63) is 0 Å². The first kappa shape index (κ1) is 14.3. The van der Waals surface area contributed by atoms with E-state index in [1.165, 1.54) is 0 Å². The molecule has 0 amide bonds. The van der Waals surface area contributed by atoms with Crippen LogP contribution in [0.25, 0.3) is 0 Å². The highest BCUT2D eigenvalue weighted by molar-refractivity contribution is 5.71. The molecule has 0 aliphatic carbocycles. The van der Waals surface area contributed by atoms with Gasteiger partial charge in [0.2, 0.25) is 0 Å². The third-order valence-corrected chi connectivity index (χ3v) is 1.68. The van der Waals surface area contributed by atoms with Gasteiger partial charge in [-0.05, 0) is 21.0 Å². The summed E-state index contributed by atoms with van der Waals surface area (Å²) >= 11 is 0. The summed E-state index contributed by atoms with van der Waals surface area (Å²) in [4.78, 5) is 13.0. The number of likely N-dealkylation sites (N-methyl/N-ethyl adjacent to an activating group) is 1. The number of ether oxygens (including phenoxy) is 2. The molecule has 0 saturated carbocycles. The summed E-state index contributed by atoms with van der Waals surface area (Å²) in [7, 11) is 4.00. The van der Waals surface area contributed by atoms with Crippen molar-refractivity contribution in [3.8, 4) is 0 Å². The van der Waals surface area contributed by atoms with Gasteiger partial charge in [-0.1, -0.05) is 0 Å². The number of hydrogen-bond acceptors (Lipinski definition) is 5. The van der Waals surface area contributed by atoms with Gasteiger partial charge in [0.05, 0.1) is 26.4 Å². The number of nitrogens with zero attached hydrogens (tertiary/aromatic N) is 1. The van der Waals surface area contributed by atoms with E-state index in [4.69, 9.17) is 9.47 Å². The Balaban J connectivity index is 3.08. The van der Waals surface area contributed by atoms with Gasteiger partial charge in [0.15, 0.2) is 0 Å². The molecule has 5 heteroatoms. The highest BCUT2D eigenvalue weighted by Crippen LogP contribution is 1.78. The molecular weight excluding hydrogens is 196 g/mol. The summed E-state index contributed by atoms with van der Waals surface area (Å²) in [6.07, 6.45) is 0. The molecule has 0 atom stereocenters. The lowest BCUT2D eigenvalue weighted by atomic mass is 10.6. The molecule has 0 rings (SSSR count). The van der Waals surface area contributed by atoms with Crippen molar-refractivity contribution in [2.75, 3.05) is 53.6 Å². The lowest BCUT2D eigenvalue weighted by Crippen LogP contribution is -2.28. The zero-order valence-electron chi connectivity index (χ0n) is 9.91. The fraction of sp³-hybridized carbons (Fsp3) is 0.900. The Kier molecular flexibility index (Phi) is 9.46. The normalized spacial score (nSPS) is 10.7. The molecule has 0 bridgehead atoms. The second-order valence-electron chi connectivity index (χ2n) is 3.40. The van der Waals surface area contributed by atoms with Gasteiger partial charge in [-0.25, -0.2) is 0 Å². The zero-order valence-corrected chi connectivity index (χ0v) is 9.91. The summed E-state index contributed by atoms with van der Waals surface area (Å²) in [6.45, 7) is 5.40. The third kappa shape index (κ3) is 11.3. The molecule has 0 saturated heterocycles. The van der Waals surface area contributed by atoms with E-state index >= 15 is 0 Å². The fourth-order valence-corrected chi connectivity index (χ4v) is 0.896. The Hall–Kier alpha value is -0.650. The maximum Gasteiger partial charge on any atom is 0.319 e. The van der Waals surface area contributed by atoms with E-state index in [2.05, 4.69) is 10.2 Å². The third-order valence-electron chi connectivity index (χ3n) is 1.68. The van der Waals surface area contributed by atoms with Crippen molar-refractivity contribution in [1.29, 1.82) is 0 Å². The predicted octanol–water partition coefficient (Wildman–Crippen LogP) is -0.283. The van der Waals surface area contributed by atoms with E-state index in [9.17, 15) is 4.79 Å². The van der Waals surface area contributed by atoms with E-state index in [0.29, 0.717) is 26.4 Å². The van der Waals surface area contributed by atoms with Crippen molar-refractivity contribution < 1.29 is 14.3 Å². The van der Waals surface area contributed by atoms with Crippen LogP contribution >= 0.6 is 0 Å². The van der Waals surface area contributed by atoms with E-state index in [1.54, 1.807) is 6.92 Å². The standard InChI is InChI=1S/C10H22N2O3/c1-4-15-10(13)9-11-5-7-14-8-6-12(2)3/h11H,4-9H2,1-3H3. The summed E-state index contributed by atoms with van der Waals surface area (Å²) in [5.41, 5.74) is 0. The molecule has 0 aromatic carbocycles. The van der Waals surface area contributed by atoms with Crippen LogP contribution in [0.15, 0.2) is 0 Å². The lowest BCUT2D eigenvalue weighted by Gasteiger charge is -2.10. The van der Waals surface area contributed by atoms with Gasteiger partial charge in [-0.3, -0.25) is 4.79 Å². The topological polar surface area (TPSA) is 50.8 Å². The Morgan fingerprint density at radius 2 is 2.07 bits per heavy atom. The molecule has 15 heavy (non-hydrogen) atoms. The van der Waals surface area contributed by atoms with Crippen molar-refractivity contribution >= 4 is 5.97 Å². The Labute approximate surface area is 91.7 Å². The SMILES string of the molecule is CCOC(=O)CNCCOCCN(C)C. The lowest BCUT2D eigenvalue weighted by molar-refractivity contribution is -0.142. The van der Waals surface area contributed by atoms with E-state index in [1.807, 2.05) is 14.1 Å². The molecular formula is C10H22N2O3. The Morgan fingerprint density at radius 1 is 1.33 bits per heavy atom. The maximum atomic E-state index is 10.9. The molecule has 0 heterocycles. The highest BCUT2D eigenvalue weighted by atomic mass is 16.5. The van der Waals surface area contributed by atoms with Crippen LogP contribution in [0.2, 0.25) is 0 Å². The molecule has 90 valence electrons. The average Bonchev–Trinajstić information content (AvgIpc) is 2.16. The largest absolute Gasteiger partial charge is 0.465 e. The average molecular weight is 218 g/mol. The van der Waals surface area contributed by atoms with Crippen LogP contribution < -0.4 is 5.32 Å². The monoisotopic (exact) mass is 218 g/mol. The molecule has 0 fully saturated rings. The van der Waals surface area contributed by atoms with Crippen LogP contribution in [-0.4, -0.2) is 64.4 Å². The summed E-state index contributed by atoms with van der Waals surface area (Å²) < 4.78 is 10.1. The molecule has 5 nitrogen and oxygen atoms in total. The first-order chi connectivity index (χ1) is 7.16. The Morgan fingerprint density at radius 3 is 2.67 bits per heavy atom. The van der Waals surface area contributed by atoms with Crippen molar-refractivity contribution in [1.82, 2.24) is 10.2 Å². The van der Waals surface area contributed by atoms with Crippen molar-refractivity contribution in [2.45, 2.75) is 6.92 Å². The maximum absolute atomic E-state index is 10.9. The minimum Gasteiger partial charge on any atom is -0.465 e. The molecule has 0 radical (unpaired) electrons. The molecule has 0 unspecified atom stereocenters. The van der Waals surface area contributed by atoms with Gasteiger partial charge in [0, 0.05) is 13.1 Å². The van der Waals surface area contributed by atoms with Crippen molar-refractivity contribution in [3.63, 3.8) is 0 Å². The van der Waals surface area contributed by atoms with E-state index in [-0.39, 0.29) is 12.5 Å². The van der Waals surface area contributed by atoms with Gasteiger partial charge >= 0.3 is 5.97 Å². The zero-order chi connectivity index (χ0) is 11.5. The smallest absolute Gasteiger partial charge is 0.319 e. The molecule has 0 spiro atoms. The van der Waals surface area contributed by atoms with Crippen molar-refractivity contribution in [2.24, 2.45) is 0 Å². The summed E-state index contributed by atoms with van der Waals surface area (Å²) in [5.74, 6) is -0.217. The number of carbonyl (C=O) groups is 1. The first-order valence-corrected chi connectivity index (χ1v) is 5.25. The van der Waals surface area contributed by atoms with Crippen LogP contribution in [0.4, 0.5) is 0 Å². The van der Waals surface area contributed by atoms with Crippen LogP contribution in [-0.2, 0) is 14.3 Å². The Bertz CT molecular complexity index is 163. The van der Waals surface area contributed by atoms with Gasteiger partial charge in [-0.2, -0.15) is 0 Å². The predicted molar refractivity (Wildman–Crippen MR) is 58.9 cm³/mol. The van der Waals surface area contributed by atoms with E-state index in [0.717, 1.165) is 6.54 Å². The minimum atomic E-state index is -0.217. The summed E-state index contributed by atoms with van der Waals surface area (Å²) in [5, 5.41) is 2.94. The van der Waals surface area contributed by atoms with Gasteiger partial charge < -0.3 is 19.7 Å². The van der Waals surface area contributed by atoms with Gasteiger partial charge in [-0.15, -0.1) is 0 Å². The van der Waals surface area contributed by atoms with Crippen LogP contribution in [0.5, 0.6) is 0 Å². The van der Waals surface area contributed by atoms with Crippen LogP contribution in [0, 0.1) is 0 Å². The van der Waals surface area contributed by atoms with Gasteiger partial charge in [0.25, 0.3) is 0 Å². The molecule has 0 aromatic rings. The second kappa shape index (κ2) is 9.89. The number of rotatable bonds is 9. The van der Waals surface area contributed by atoms with Crippen LogP contribution in [0.3, 0.4) is 0 Å². The van der Waals surface area contributed by atoms with Crippen LogP contribution in [0.1, 0.15) is 6.92 Å². The summed E-state index contributed by atoms with van der Waals surface area (Å²) in [6, 6.07) is 0. The van der Waals surface area contributed by atoms with Gasteiger partial charge in [0.1, 0.15) is 0 Å². The molecule has 0 aliphatic heterocycles. The highest BCUT2D eigenvalue weighted by Gasteiger charge is 1.99. The first-order valence-electron chi connectivity index (χ1n) is 5.25. The number of esters is 1. The minimum absolute atomic E-state index is 0.217. The molecule has 0 aliphatic rings. The second-order valence-corrected chi connectivity index (χ2v) is 3.40. The number of carbonyl (C=O) groups excluding carboxylic acids is 1. The molecule has 1 N–H and O–H groups in total. The molecule has 0 aromatic heterocycles. The van der Waals surface area contributed by atoms with E-state index < -0.39 is 0 Å². The number of nitrogens with one attached hydrogen (secondary N) is 1. The number of hydrogen-bond donors (Lipinski definition) is 1. The fourth-order valence-electron chi connectivity index (χ4n) is 0.896.